The topological polar surface area (TPSA) is 64.3 Å². The number of nitrogens with one attached hydrogen (secondary N) is 1. The Balaban J connectivity index is 2.02. The quantitative estimate of drug-likeness (QED) is 0.825. The number of ether oxygens (including phenoxy) is 1. The number of hydrogen-bond donors (Lipinski definition) is 2. The molecule has 2 rings (SSSR count). The Morgan fingerprint density at radius 1 is 1.47 bits per heavy atom. The molecule has 1 fully saturated rings. The van der Waals surface area contributed by atoms with Crippen LogP contribution in [0.1, 0.15) is 44.7 Å². The van der Waals surface area contributed by atoms with Crippen molar-refractivity contribution in [3.05, 3.63) is 29.8 Å². The van der Waals surface area contributed by atoms with Crippen LogP contribution in [0.15, 0.2) is 24.3 Å². The molecule has 0 spiro atoms. The van der Waals surface area contributed by atoms with Gasteiger partial charge in [-0.25, -0.2) is 0 Å². The molecule has 104 valence electrons. The van der Waals surface area contributed by atoms with Crippen LogP contribution < -0.4 is 15.8 Å². The molecule has 19 heavy (non-hydrogen) atoms. The summed E-state index contributed by atoms with van der Waals surface area (Å²) in [7, 11) is 0. The molecule has 0 radical (unpaired) electrons. The number of hydrogen-bond acceptors (Lipinski definition) is 3. The molecule has 3 N–H and O–H groups in total. The van der Waals surface area contributed by atoms with Gasteiger partial charge in [0.1, 0.15) is 5.75 Å². The van der Waals surface area contributed by atoms with Gasteiger partial charge in [0.2, 0.25) is 0 Å². The monoisotopic (exact) mass is 262 g/mol. The highest BCUT2D eigenvalue weighted by Gasteiger charge is 2.26. The van der Waals surface area contributed by atoms with Crippen molar-refractivity contribution < 1.29 is 9.53 Å². The molecule has 1 aliphatic rings. The van der Waals surface area contributed by atoms with Crippen molar-refractivity contribution in [3.8, 4) is 5.75 Å². The normalized spacial score (nSPS) is 17.6. The first-order valence-electron chi connectivity index (χ1n) is 6.93. The van der Waals surface area contributed by atoms with Gasteiger partial charge in [0.25, 0.3) is 5.91 Å². The van der Waals surface area contributed by atoms with Crippen molar-refractivity contribution in [3.63, 3.8) is 0 Å². The maximum absolute atomic E-state index is 11.9. The van der Waals surface area contributed by atoms with Crippen molar-refractivity contribution in [1.82, 2.24) is 5.32 Å². The SMILES string of the molecule is CC[C@@H](N)c1ccccc1OC(C)C(=O)NC1CC1. The van der Waals surface area contributed by atoms with Crippen molar-refractivity contribution in [2.75, 3.05) is 0 Å². The molecule has 4 nitrogen and oxygen atoms in total. The number of para-hydroxylation sites is 1. The van der Waals surface area contributed by atoms with Crippen LogP contribution in [0.5, 0.6) is 5.75 Å². The molecule has 0 aliphatic heterocycles. The molecule has 1 saturated carbocycles. The third-order valence-corrected chi connectivity index (χ3v) is 3.36. The van der Waals surface area contributed by atoms with Gasteiger partial charge < -0.3 is 15.8 Å². The predicted octanol–water partition coefficient (Wildman–Crippen LogP) is 2.14. The van der Waals surface area contributed by atoms with Crippen LogP contribution >= 0.6 is 0 Å². The number of amides is 1. The van der Waals surface area contributed by atoms with Crippen molar-refractivity contribution in [2.45, 2.75) is 51.3 Å². The third-order valence-electron chi connectivity index (χ3n) is 3.36. The van der Waals surface area contributed by atoms with Crippen molar-refractivity contribution >= 4 is 5.91 Å². The highest BCUT2D eigenvalue weighted by molar-refractivity contribution is 5.81. The Hall–Kier alpha value is -1.55. The number of benzene rings is 1. The van der Waals surface area contributed by atoms with Crippen LogP contribution in [0.3, 0.4) is 0 Å². The fourth-order valence-electron chi connectivity index (χ4n) is 1.90. The van der Waals surface area contributed by atoms with Crippen molar-refractivity contribution in [1.29, 1.82) is 0 Å². The lowest BCUT2D eigenvalue weighted by molar-refractivity contribution is -0.127. The number of carbonyl (C=O) groups is 1. The molecular weight excluding hydrogens is 240 g/mol. The minimum absolute atomic E-state index is 0.0534. The van der Waals surface area contributed by atoms with E-state index in [4.69, 9.17) is 10.5 Å². The minimum Gasteiger partial charge on any atom is -0.481 e. The summed E-state index contributed by atoms with van der Waals surface area (Å²) in [4.78, 5) is 11.9. The van der Waals surface area contributed by atoms with E-state index in [1.54, 1.807) is 6.92 Å². The molecule has 0 heterocycles. The average Bonchev–Trinajstić information content (AvgIpc) is 3.22. The summed E-state index contributed by atoms with van der Waals surface area (Å²) in [6.07, 6.45) is 2.50. The molecule has 4 heteroatoms. The van der Waals surface area contributed by atoms with Gasteiger partial charge in [-0.05, 0) is 32.3 Å². The number of nitrogens with two attached hydrogens (primary N) is 1. The summed E-state index contributed by atoms with van der Waals surface area (Å²) in [5.74, 6) is 0.651. The summed E-state index contributed by atoms with van der Waals surface area (Å²) in [6.45, 7) is 3.80. The van der Waals surface area contributed by atoms with E-state index in [-0.39, 0.29) is 11.9 Å². The summed E-state index contributed by atoms with van der Waals surface area (Å²) in [5, 5.41) is 2.94. The molecule has 1 aliphatic carbocycles. The van der Waals surface area contributed by atoms with Crippen molar-refractivity contribution in [2.24, 2.45) is 5.73 Å². The molecule has 1 aromatic rings. The Kier molecular flexibility index (Phi) is 4.43. The molecule has 2 atom stereocenters. The lowest BCUT2D eigenvalue weighted by atomic mass is 10.0. The number of rotatable bonds is 6. The van der Waals surface area contributed by atoms with Gasteiger partial charge in [-0.15, -0.1) is 0 Å². The molecule has 1 aromatic carbocycles. The van der Waals surface area contributed by atoms with Crippen LogP contribution in [-0.4, -0.2) is 18.1 Å². The Labute approximate surface area is 114 Å². The van der Waals surface area contributed by atoms with Gasteiger partial charge in [0.05, 0.1) is 0 Å². The molecule has 0 bridgehead atoms. The second kappa shape index (κ2) is 6.06. The lowest BCUT2D eigenvalue weighted by Crippen LogP contribution is -2.37. The van der Waals surface area contributed by atoms with Crippen LogP contribution in [0.4, 0.5) is 0 Å². The molecule has 1 unspecified atom stereocenters. The summed E-state index contributed by atoms with van der Waals surface area (Å²) >= 11 is 0. The largest absolute Gasteiger partial charge is 0.481 e. The first kappa shape index (κ1) is 13.9. The number of carbonyl (C=O) groups excluding carboxylic acids is 1. The zero-order chi connectivity index (χ0) is 13.8. The highest BCUT2D eigenvalue weighted by Crippen LogP contribution is 2.26. The van der Waals surface area contributed by atoms with E-state index in [0.717, 1.165) is 24.8 Å². The first-order valence-corrected chi connectivity index (χ1v) is 6.93. The smallest absolute Gasteiger partial charge is 0.260 e. The third kappa shape index (κ3) is 3.70. The zero-order valence-electron chi connectivity index (χ0n) is 11.6. The van der Waals surface area contributed by atoms with Crippen LogP contribution in [-0.2, 0) is 4.79 Å². The second-order valence-electron chi connectivity index (χ2n) is 5.10. The summed E-state index contributed by atoms with van der Waals surface area (Å²) in [5.41, 5.74) is 7.01. The average molecular weight is 262 g/mol. The van der Waals surface area contributed by atoms with Crippen LogP contribution in [0, 0.1) is 0 Å². The standard InChI is InChI=1S/C15H22N2O2/c1-3-13(16)12-6-4-5-7-14(12)19-10(2)15(18)17-11-8-9-11/h4-7,10-11,13H,3,8-9,16H2,1-2H3,(H,17,18)/t10?,13-/m1/s1. The first-order chi connectivity index (χ1) is 9.11. The van der Waals surface area contributed by atoms with Gasteiger partial charge >= 0.3 is 0 Å². The Morgan fingerprint density at radius 2 is 2.16 bits per heavy atom. The summed E-state index contributed by atoms with van der Waals surface area (Å²) < 4.78 is 5.77. The molecule has 1 amide bonds. The maximum atomic E-state index is 11.9. The van der Waals surface area contributed by atoms with Gasteiger partial charge in [0.15, 0.2) is 6.10 Å². The lowest BCUT2D eigenvalue weighted by Gasteiger charge is -2.19. The van der Waals surface area contributed by atoms with E-state index >= 15 is 0 Å². The maximum Gasteiger partial charge on any atom is 0.260 e. The van der Waals surface area contributed by atoms with Gasteiger partial charge in [0, 0.05) is 17.6 Å². The van der Waals surface area contributed by atoms with Crippen LogP contribution in [0.25, 0.3) is 0 Å². The fourth-order valence-corrected chi connectivity index (χ4v) is 1.90. The van der Waals surface area contributed by atoms with E-state index in [1.807, 2.05) is 31.2 Å². The highest BCUT2D eigenvalue weighted by atomic mass is 16.5. The zero-order valence-corrected chi connectivity index (χ0v) is 11.6. The van der Waals surface area contributed by atoms with Gasteiger partial charge in [-0.1, -0.05) is 25.1 Å². The molecular formula is C15H22N2O2. The second-order valence-corrected chi connectivity index (χ2v) is 5.10. The van der Waals surface area contributed by atoms with Gasteiger partial charge in [-0.2, -0.15) is 0 Å². The Bertz CT molecular complexity index is 444. The predicted molar refractivity (Wildman–Crippen MR) is 74.9 cm³/mol. The molecule has 0 aromatic heterocycles. The van der Waals surface area contributed by atoms with Crippen LogP contribution in [0.2, 0.25) is 0 Å². The fraction of sp³-hybridized carbons (Fsp3) is 0.533. The van der Waals surface area contributed by atoms with E-state index in [1.165, 1.54) is 0 Å². The van der Waals surface area contributed by atoms with E-state index in [9.17, 15) is 4.79 Å². The summed E-state index contributed by atoms with van der Waals surface area (Å²) in [6, 6.07) is 7.95. The Morgan fingerprint density at radius 3 is 2.79 bits per heavy atom. The minimum atomic E-state index is -0.495. The van der Waals surface area contributed by atoms with E-state index < -0.39 is 6.10 Å². The molecule has 0 saturated heterocycles. The van der Waals surface area contributed by atoms with E-state index in [2.05, 4.69) is 5.32 Å². The van der Waals surface area contributed by atoms with Gasteiger partial charge in [-0.3, -0.25) is 4.79 Å². The van der Waals surface area contributed by atoms with E-state index in [0.29, 0.717) is 11.8 Å².